The molecule has 3 rings (SSSR count). The quantitative estimate of drug-likeness (QED) is 0.736. The highest BCUT2D eigenvalue weighted by atomic mass is 35.5. The molecule has 0 aromatic heterocycles. The molecular formula is C19H27Cl2N3O2. The zero-order valence-electron chi connectivity index (χ0n) is 15.1. The van der Waals surface area contributed by atoms with Gasteiger partial charge in [-0.25, -0.2) is 0 Å². The van der Waals surface area contributed by atoms with Gasteiger partial charge in [0.15, 0.2) is 0 Å². The summed E-state index contributed by atoms with van der Waals surface area (Å²) >= 11 is 12.0. The number of carbonyl (C=O) groups excluding carboxylic acids is 1. The zero-order chi connectivity index (χ0) is 18.4. The summed E-state index contributed by atoms with van der Waals surface area (Å²) in [6.45, 7) is 7.66. The minimum Gasteiger partial charge on any atom is -0.491 e. The Labute approximate surface area is 165 Å². The number of ether oxygens (including phenoxy) is 1. The van der Waals surface area contributed by atoms with Gasteiger partial charge in [0.1, 0.15) is 12.4 Å². The molecule has 1 amide bonds. The number of nitrogens with zero attached hydrogens (tertiary/aromatic N) is 3. The number of piperazine rings is 1. The van der Waals surface area contributed by atoms with E-state index in [2.05, 4.69) is 9.80 Å². The summed E-state index contributed by atoms with van der Waals surface area (Å²) in [6.07, 6.45) is 3.56. The number of piperidine rings is 1. The van der Waals surface area contributed by atoms with E-state index in [0.29, 0.717) is 34.9 Å². The number of amides is 1. The largest absolute Gasteiger partial charge is 0.491 e. The smallest absolute Gasteiger partial charge is 0.236 e. The number of rotatable bonds is 6. The van der Waals surface area contributed by atoms with E-state index in [0.717, 1.165) is 58.7 Å². The molecule has 1 aromatic carbocycles. The highest BCUT2D eigenvalue weighted by Crippen LogP contribution is 2.27. The van der Waals surface area contributed by atoms with Gasteiger partial charge in [-0.05, 0) is 37.5 Å². The molecule has 0 unspecified atom stereocenters. The average molecular weight is 400 g/mol. The Morgan fingerprint density at radius 3 is 2.35 bits per heavy atom. The van der Waals surface area contributed by atoms with E-state index in [1.165, 1.54) is 6.42 Å². The third-order valence-electron chi connectivity index (χ3n) is 5.09. The van der Waals surface area contributed by atoms with Crippen LogP contribution < -0.4 is 4.74 Å². The number of carbonyl (C=O) groups is 1. The van der Waals surface area contributed by atoms with Crippen molar-refractivity contribution in [1.29, 1.82) is 0 Å². The van der Waals surface area contributed by atoms with Crippen molar-refractivity contribution in [2.24, 2.45) is 0 Å². The van der Waals surface area contributed by atoms with Crippen LogP contribution in [0.2, 0.25) is 10.0 Å². The summed E-state index contributed by atoms with van der Waals surface area (Å²) in [5.74, 6) is 0.959. The van der Waals surface area contributed by atoms with Crippen LogP contribution in [0.4, 0.5) is 0 Å². The van der Waals surface area contributed by atoms with Crippen molar-refractivity contribution >= 4 is 29.1 Å². The molecule has 2 aliphatic rings. The van der Waals surface area contributed by atoms with E-state index < -0.39 is 0 Å². The first-order valence-corrected chi connectivity index (χ1v) is 10.2. The third-order valence-corrected chi connectivity index (χ3v) is 5.62. The number of likely N-dealkylation sites (tertiary alicyclic amines) is 1. The highest BCUT2D eigenvalue weighted by molar-refractivity contribution is 6.35. The molecule has 2 heterocycles. The summed E-state index contributed by atoms with van der Waals surface area (Å²) in [6, 6.07) is 5.27. The summed E-state index contributed by atoms with van der Waals surface area (Å²) in [5.41, 5.74) is 0. The Morgan fingerprint density at radius 2 is 1.65 bits per heavy atom. The first-order valence-electron chi connectivity index (χ1n) is 9.42. The lowest BCUT2D eigenvalue weighted by Gasteiger charge is -2.36. The van der Waals surface area contributed by atoms with Crippen molar-refractivity contribution in [3.05, 3.63) is 28.2 Å². The second-order valence-electron chi connectivity index (χ2n) is 6.98. The van der Waals surface area contributed by atoms with Gasteiger partial charge in [0.25, 0.3) is 0 Å². The van der Waals surface area contributed by atoms with Gasteiger partial charge in [0.05, 0.1) is 11.6 Å². The molecule has 0 aliphatic carbocycles. The van der Waals surface area contributed by atoms with Gasteiger partial charge >= 0.3 is 0 Å². The Hall–Kier alpha value is -1.01. The predicted octanol–water partition coefficient (Wildman–Crippen LogP) is 3.00. The van der Waals surface area contributed by atoms with Gasteiger partial charge in [0, 0.05) is 50.8 Å². The molecule has 5 nitrogen and oxygen atoms in total. The lowest BCUT2D eigenvalue weighted by atomic mass is 10.1. The Kier molecular flexibility index (Phi) is 7.43. The molecular weight excluding hydrogens is 373 g/mol. The Morgan fingerprint density at radius 1 is 0.962 bits per heavy atom. The predicted molar refractivity (Wildman–Crippen MR) is 105 cm³/mol. The number of hydrogen-bond donors (Lipinski definition) is 0. The minimum atomic E-state index is 0.291. The number of hydrogen-bond acceptors (Lipinski definition) is 4. The number of benzene rings is 1. The fraction of sp³-hybridized carbons (Fsp3) is 0.632. The van der Waals surface area contributed by atoms with Crippen LogP contribution in [-0.4, -0.2) is 79.6 Å². The standard InChI is InChI=1S/C19H27Cl2N3O2/c20-16-4-5-18(17(21)14-16)26-13-12-22-8-10-23(11-9-22)15-19(25)24-6-2-1-3-7-24/h4-5,14H,1-3,6-13,15H2. The van der Waals surface area contributed by atoms with Crippen molar-refractivity contribution < 1.29 is 9.53 Å². The second kappa shape index (κ2) is 9.79. The average Bonchev–Trinajstić information content (AvgIpc) is 2.65. The Bertz CT molecular complexity index is 600. The number of halogens is 2. The van der Waals surface area contributed by atoms with Gasteiger partial charge in [-0.3, -0.25) is 14.6 Å². The van der Waals surface area contributed by atoms with E-state index in [9.17, 15) is 4.79 Å². The van der Waals surface area contributed by atoms with Gasteiger partial charge in [-0.2, -0.15) is 0 Å². The third kappa shape index (κ3) is 5.74. The van der Waals surface area contributed by atoms with E-state index in [4.69, 9.17) is 27.9 Å². The van der Waals surface area contributed by atoms with E-state index in [1.807, 2.05) is 4.90 Å². The molecule has 1 aromatic rings. The first-order chi connectivity index (χ1) is 12.6. The molecule has 0 spiro atoms. The maximum atomic E-state index is 12.4. The van der Waals surface area contributed by atoms with Crippen LogP contribution in [0.5, 0.6) is 5.75 Å². The van der Waals surface area contributed by atoms with Crippen molar-refractivity contribution in [2.45, 2.75) is 19.3 Å². The second-order valence-corrected chi connectivity index (χ2v) is 7.83. The van der Waals surface area contributed by atoms with E-state index >= 15 is 0 Å². The van der Waals surface area contributed by atoms with Crippen LogP contribution in [0.1, 0.15) is 19.3 Å². The van der Waals surface area contributed by atoms with Crippen molar-refractivity contribution in [3.8, 4) is 5.75 Å². The molecule has 0 saturated carbocycles. The van der Waals surface area contributed by atoms with Crippen LogP contribution in [-0.2, 0) is 4.79 Å². The SMILES string of the molecule is O=C(CN1CCN(CCOc2ccc(Cl)cc2Cl)CC1)N1CCCCC1. The lowest BCUT2D eigenvalue weighted by Crippen LogP contribution is -2.51. The summed E-state index contributed by atoms with van der Waals surface area (Å²) < 4.78 is 5.76. The topological polar surface area (TPSA) is 36.0 Å². The maximum absolute atomic E-state index is 12.4. The molecule has 7 heteroatoms. The van der Waals surface area contributed by atoms with Crippen molar-refractivity contribution in [2.75, 3.05) is 59.0 Å². The summed E-state index contributed by atoms with van der Waals surface area (Å²) in [7, 11) is 0. The van der Waals surface area contributed by atoms with Crippen LogP contribution in [0.3, 0.4) is 0 Å². The fourth-order valence-corrected chi connectivity index (χ4v) is 3.95. The highest BCUT2D eigenvalue weighted by Gasteiger charge is 2.22. The van der Waals surface area contributed by atoms with Gasteiger partial charge in [-0.1, -0.05) is 23.2 Å². The molecule has 2 saturated heterocycles. The fourth-order valence-electron chi connectivity index (χ4n) is 3.48. The normalized spacial score (nSPS) is 19.5. The van der Waals surface area contributed by atoms with Crippen LogP contribution in [0.15, 0.2) is 18.2 Å². The maximum Gasteiger partial charge on any atom is 0.236 e. The van der Waals surface area contributed by atoms with Crippen LogP contribution in [0, 0.1) is 0 Å². The molecule has 2 fully saturated rings. The van der Waals surface area contributed by atoms with Crippen molar-refractivity contribution in [3.63, 3.8) is 0 Å². The first kappa shape index (κ1) is 19.7. The summed E-state index contributed by atoms with van der Waals surface area (Å²) in [4.78, 5) is 19.0. The van der Waals surface area contributed by atoms with Gasteiger partial charge in [-0.15, -0.1) is 0 Å². The minimum absolute atomic E-state index is 0.291. The zero-order valence-corrected chi connectivity index (χ0v) is 16.6. The van der Waals surface area contributed by atoms with Gasteiger partial charge < -0.3 is 9.64 Å². The summed E-state index contributed by atoms with van der Waals surface area (Å²) in [5, 5.41) is 1.15. The molecule has 144 valence electrons. The molecule has 0 bridgehead atoms. The van der Waals surface area contributed by atoms with Crippen molar-refractivity contribution in [1.82, 2.24) is 14.7 Å². The van der Waals surface area contributed by atoms with Crippen LogP contribution in [0.25, 0.3) is 0 Å². The van der Waals surface area contributed by atoms with E-state index in [1.54, 1.807) is 18.2 Å². The molecule has 0 atom stereocenters. The van der Waals surface area contributed by atoms with Gasteiger partial charge in [0.2, 0.25) is 5.91 Å². The van der Waals surface area contributed by atoms with E-state index in [-0.39, 0.29) is 0 Å². The molecule has 0 N–H and O–H groups in total. The Balaban J connectivity index is 1.34. The van der Waals surface area contributed by atoms with Crippen LogP contribution >= 0.6 is 23.2 Å². The molecule has 0 radical (unpaired) electrons. The molecule has 26 heavy (non-hydrogen) atoms. The lowest BCUT2D eigenvalue weighted by molar-refractivity contribution is -0.133. The monoisotopic (exact) mass is 399 g/mol. The molecule has 2 aliphatic heterocycles.